The molecule has 107 valence electrons. The van der Waals surface area contributed by atoms with Crippen LogP contribution in [-0.2, 0) is 4.65 Å². The van der Waals surface area contributed by atoms with Gasteiger partial charge >= 0.3 is 7.48 Å². The summed E-state index contributed by atoms with van der Waals surface area (Å²) in [7, 11) is 2.92. The zero-order valence-corrected chi connectivity index (χ0v) is 11.8. The van der Waals surface area contributed by atoms with Crippen molar-refractivity contribution in [2.24, 2.45) is 5.92 Å². The average molecular weight is 278 g/mol. The Balaban J connectivity index is 1.92. The van der Waals surface area contributed by atoms with Crippen molar-refractivity contribution in [2.45, 2.75) is 32.0 Å². The van der Waals surface area contributed by atoms with Crippen LogP contribution in [0.5, 0.6) is 0 Å². The van der Waals surface area contributed by atoms with Gasteiger partial charge in [0.1, 0.15) is 5.82 Å². The number of amides is 1. The van der Waals surface area contributed by atoms with E-state index in [1.807, 2.05) is 0 Å². The van der Waals surface area contributed by atoms with Gasteiger partial charge < -0.3 is 15.1 Å². The van der Waals surface area contributed by atoms with E-state index < -0.39 is 17.3 Å². The summed E-state index contributed by atoms with van der Waals surface area (Å²) in [6.45, 7) is 3.50. The number of carbonyl (C=O) groups excluding carboxylic acids is 1. The first kappa shape index (κ1) is 15.0. The van der Waals surface area contributed by atoms with Gasteiger partial charge in [0.2, 0.25) is 0 Å². The number of nitrogens with one attached hydrogen (secondary N) is 1. The summed E-state index contributed by atoms with van der Waals surface area (Å²) in [5, 5.41) is 12.2. The lowest BCUT2D eigenvalue weighted by molar-refractivity contribution is 0.0429. The molecule has 4 nitrogen and oxygen atoms in total. The average Bonchev–Trinajstić information content (AvgIpc) is 3.15. The fraction of sp³-hybridized carbons (Fsp3) is 0.500. The highest BCUT2D eigenvalue weighted by Gasteiger charge is 2.47. The summed E-state index contributed by atoms with van der Waals surface area (Å²) in [5.74, 6) is -0.940. The van der Waals surface area contributed by atoms with Gasteiger partial charge in [0.25, 0.3) is 5.91 Å². The normalized spacial score (nSPS) is 21.4. The van der Waals surface area contributed by atoms with Gasteiger partial charge in [0.05, 0.1) is 11.2 Å². The quantitative estimate of drug-likeness (QED) is 0.776. The molecule has 0 aromatic heterocycles. The Kier molecular flexibility index (Phi) is 4.15. The second-order valence-electron chi connectivity index (χ2n) is 5.61. The van der Waals surface area contributed by atoms with Gasteiger partial charge in [-0.3, -0.25) is 4.79 Å². The SMILES string of the molecule is CNC(=O)c1ccc([B]OC2CC2C(C)(C)O)cc1F. The van der Waals surface area contributed by atoms with E-state index in [4.69, 9.17) is 4.65 Å². The standard InChI is InChI=1S/C14H18BFNO3/c1-14(2,19)10-7-12(10)20-15-8-4-5-9(11(16)6-8)13(18)17-3/h4-6,10,12,19H,7H2,1-3H3,(H,17,18). The number of hydrogen-bond acceptors (Lipinski definition) is 3. The van der Waals surface area contributed by atoms with Crippen molar-refractivity contribution >= 4 is 18.9 Å². The minimum absolute atomic E-state index is 0.00504. The summed E-state index contributed by atoms with van der Waals surface area (Å²) in [6.07, 6.45) is 0.760. The molecule has 1 radical (unpaired) electrons. The van der Waals surface area contributed by atoms with Crippen molar-refractivity contribution in [1.29, 1.82) is 0 Å². The van der Waals surface area contributed by atoms with Gasteiger partial charge in [-0.15, -0.1) is 0 Å². The van der Waals surface area contributed by atoms with E-state index in [1.165, 1.54) is 26.7 Å². The van der Waals surface area contributed by atoms with E-state index in [-0.39, 0.29) is 17.6 Å². The van der Waals surface area contributed by atoms with E-state index in [9.17, 15) is 14.3 Å². The lowest BCUT2D eigenvalue weighted by Gasteiger charge is -2.16. The molecule has 1 amide bonds. The lowest BCUT2D eigenvalue weighted by Crippen LogP contribution is -2.27. The van der Waals surface area contributed by atoms with Crippen molar-refractivity contribution in [3.05, 3.63) is 29.6 Å². The second kappa shape index (κ2) is 5.54. The van der Waals surface area contributed by atoms with Gasteiger partial charge in [-0.05, 0) is 32.4 Å². The largest absolute Gasteiger partial charge is 0.431 e. The maximum Gasteiger partial charge on any atom is 0.330 e. The minimum atomic E-state index is -0.757. The van der Waals surface area contributed by atoms with Crippen LogP contribution >= 0.6 is 0 Å². The Hall–Kier alpha value is -1.40. The highest BCUT2D eigenvalue weighted by Crippen LogP contribution is 2.41. The highest BCUT2D eigenvalue weighted by atomic mass is 19.1. The summed E-state index contributed by atoms with van der Waals surface area (Å²) >= 11 is 0. The third kappa shape index (κ3) is 3.38. The molecule has 2 atom stereocenters. The van der Waals surface area contributed by atoms with Gasteiger partial charge in [-0.25, -0.2) is 4.39 Å². The van der Waals surface area contributed by atoms with Gasteiger partial charge in [-0.2, -0.15) is 0 Å². The Labute approximate surface area is 118 Å². The molecule has 1 aliphatic rings. The third-order valence-electron chi connectivity index (χ3n) is 3.48. The number of hydrogen-bond donors (Lipinski definition) is 2. The smallest absolute Gasteiger partial charge is 0.330 e. The van der Waals surface area contributed by atoms with Crippen molar-refractivity contribution in [3.8, 4) is 0 Å². The molecule has 1 aliphatic carbocycles. The van der Waals surface area contributed by atoms with Crippen LogP contribution in [0.4, 0.5) is 4.39 Å². The topological polar surface area (TPSA) is 58.6 Å². The summed E-state index contributed by atoms with van der Waals surface area (Å²) < 4.78 is 19.2. The number of halogens is 1. The first-order valence-electron chi connectivity index (χ1n) is 6.55. The number of rotatable bonds is 5. The van der Waals surface area contributed by atoms with Crippen LogP contribution in [0.2, 0.25) is 0 Å². The van der Waals surface area contributed by atoms with Crippen LogP contribution in [0, 0.1) is 11.7 Å². The van der Waals surface area contributed by atoms with Gasteiger partial charge in [-0.1, -0.05) is 11.5 Å². The van der Waals surface area contributed by atoms with Crippen LogP contribution < -0.4 is 10.8 Å². The maximum absolute atomic E-state index is 13.7. The molecule has 6 heteroatoms. The predicted octanol–water partition coefficient (Wildman–Crippen LogP) is 0.606. The van der Waals surface area contributed by atoms with Crippen molar-refractivity contribution in [1.82, 2.24) is 5.32 Å². The van der Waals surface area contributed by atoms with E-state index in [2.05, 4.69) is 5.32 Å². The zero-order chi connectivity index (χ0) is 14.9. The third-order valence-corrected chi connectivity index (χ3v) is 3.48. The van der Waals surface area contributed by atoms with Gasteiger partial charge in [0, 0.05) is 19.1 Å². The molecule has 1 aromatic carbocycles. The van der Waals surface area contributed by atoms with Crippen molar-refractivity contribution in [3.63, 3.8) is 0 Å². The molecule has 2 N–H and O–H groups in total. The first-order chi connectivity index (χ1) is 9.32. The molecule has 2 rings (SSSR count). The highest BCUT2D eigenvalue weighted by molar-refractivity contribution is 6.47. The number of aliphatic hydroxyl groups is 1. The molecule has 1 saturated carbocycles. The van der Waals surface area contributed by atoms with E-state index >= 15 is 0 Å². The molecule has 1 fully saturated rings. The van der Waals surface area contributed by atoms with E-state index in [1.54, 1.807) is 19.9 Å². The fourth-order valence-corrected chi connectivity index (χ4v) is 2.15. The van der Waals surface area contributed by atoms with Crippen LogP contribution in [-0.4, -0.2) is 37.2 Å². The Morgan fingerprint density at radius 3 is 2.75 bits per heavy atom. The monoisotopic (exact) mass is 278 g/mol. The lowest BCUT2D eigenvalue weighted by atomic mass is 9.87. The number of benzene rings is 1. The van der Waals surface area contributed by atoms with Crippen molar-refractivity contribution < 1.29 is 18.9 Å². The molecule has 0 bridgehead atoms. The molecule has 1 aromatic rings. The Morgan fingerprint density at radius 1 is 1.55 bits per heavy atom. The molecule has 0 saturated heterocycles. The van der Waals surface area contributed by atoms with E-state index in [0.29, 0.717) is 5.46 Å². The molecular formula is C14H18BFNO3. The fourth-order valence-electron chi connectivity index (χ4n) is 2.15. The first-order valence-corrected chi connectivity index (χ1v) is 6.55. The Morgan fingerprint density at radius 2 is 2.25 bits per heavy atom. The summed E-state index contributed by atoms with van der Waals surface area (Å²) in [6, 6.07) is 4.30. The van der Waals surface area contributed by atoms with Crippen LogP contribution in [0.15, 0.2) is 18.2 Å². The zero-order valence-electron chi connectivity index (χ0n) is 11.8. The van der Waals surface area contributed by atoms with Gasteiger partial charge in [0.15, 0.2) is 0 Å². The van der Waals surface area contributed by atoms with E-state index in [0.717, 1.165) is 6.42 Å². The second-order valence-corrected chi connectivity index (χ2v) is 5.61. The van der Waals surface area contributed by atoms with Crippen LogP contribution in [0.1, 0.15) is 30.6 Å². The van der Waals surface area contributed by atoms with Crippen molar-refractivity contribution in [2.75, 3.05) is 7.05 Å². The Bertz CT molecular complexity index is 516. The molecular weight excluding hydrogens is 260 g/mol. The van der Waals surface area contributed by atoms with Crippen LogP contribution in [0.3, 0.4) is 0 Å². The molecule has 20 heavy (non-hydrogen) atoms. The molecule has 2 unspecified atom stereocenters. The summed E-state index contributed by atoms with van der Waals surface area (Å²) in [4.78, 5) is 11.4. The summed E-state index contributed by atoms with van der Waals surface area (Å²) in [5.41, 5.74) is -0.200. The number of carbonyl (C=O) groups is 1. The van der Waals surface area contributed by atoms with Crippen LogP contribution in [0.25, 0.3) is 0 Å². The minimum Gasteiger partial charge on any atom is -0.431 e. The molecule has 0 spiro atoms. The predicted molar refractivity (Wildman–Crippen MR) is 74.5 cm³/mol. The maximum atomic E-state index is 13.7. The molecule has 0 aliphatic heterocycles. The molecule has 0 heterocycles.